The second-order valence-corrected chi connectivity index (χ2v) is 5.28. The zero-order valence-electron chi connectivity index (χ0n) is 9.62. The van der Waals surface area contributed by atoms with Crippen LogP contribution in [0.2, 0.25) is 10.0 Å². The van der Waals surface area contributed by atoms with Crippen LogP contribution in [0.1, 0.15) is 29.6 Å². The van der Waals surface area contributed by atoms with Crippen molar-refractivity contribution in [3.05, 3.63) is 33.8 Å². The molecule has 1 aromatic rings. The third-order valence-corrected chi connectivity index (χ3v) is 3.56. The predicted octanol–water partition coefficient (Wildman–Crippen LogP) is 3.42. The molecule has 18 heavy (non-hydrogen) atoms. The van der Waals surface area contributed by atoms with Crippen LogP contribution in [0.25, 0.3) is 0 Å². The molecule has 0 aliphatic heterocycles. The number of amides is 1. The summed E-state index contributed by atoms with van der Waals surface area (Å²) in [4.78, 5) is 12.0. The molecule has 2 atom stereocenters. The first-order valence-corrected chi connectivity index (χ1v) is 6.52. The molecule has 94 valence electrons. The molecule has 0 aromatic heterocycles. The average Bonchev–Trinajstić information content (AvgIpc) is 2.75. The number of nitrogens with one attached hydrogen (secondary N) is 1. The van der Waals surface area contributed by atoms with E-state index in [-0.39, 0.29) is 17.9 Å². The summed E-state index contributed by atoms with van der Waals surface area (Å²) in [5.74, 6) is -0.324. The molecular weight excluding hydrogens is 271 g/mol. The standard InChI is InChI=1S/C13H12Cl2N2O/c14-10-4-9(5-11(15)6-10)13(18)17-12-3-1-2-8(12)7-16/h4-6,8,12H,1-3H2,(H,17,18). The quantitative estimate of drug-likeness (QED) is 0.904. The second kappa shape index (κ2) is 5.60. The topological polar surface area (TPSA) is 52.9 Å². The molecule has 0 heterocycles. The fourth-order valence-corrected chi connectivity index (χ4v) is 2.75. The molecule has 1 N–H and O–H groups in total. The monoisotopic (exact) mass is 282 g/mol. The lowest BCUT2D eigenvalue weighted by molar-refractivity contribution is 0.0933. The van der Waals surface area contributed by atoms with Crippen LogP contribution < -0.4 is 5.32 Å². The molecule has 1 aliphatic carbocycles. The van der Waals surface area contributed by atoms with Crippen molar-refractivity contribution in [2.24, 2.45) is 5.92 Å². The van der Waals surface area contributed by atoms with Crippen molar-refractivity contribution < 1.29 is 4.79 Å². The van der Waals surface area contributed by atoms with Gasteiger partial charge in [0.25, 0.3) is 5.91 Å². The van der Waals surface area contributed by atoms with E-state index >= 15 is 0 Å². The fraction of sp³-hybridized carbons (Fsp3) is 0.385. The third-order valence-electron chi connectivity index (χ3n) is 3.12. The lowest BCUT2D eigenvalue weighted by Gasteiger charge is -2.15. The van der Waals surface area contributed by atoms with Crippen LogP contribution in [0, 0.1) is 17.2 Å². The van der Waals surface area contributed by atoms with Gasteiger partial charge in [-0.1, -0.05) is 23.2 Å². The highest BCUT2D eigenvalue weighted by atomic mass is 35.5. The van der Waals surface area contributed by atoms with Crippen LogP contribution in [-0.4, -0.2) is 11.9 Å². The highest BCUT2D eigenvalue weighted by molar-refractivity contribution is 6.35. The van der Waals surface area contributed by atoms with Gasteiger partial charge in [0.05, 0.1) is 12.0 Å². The SMILES string of the molecule is N#CC1CCCC1NC(=O)c1cc(Cl)cc(Cl)c1. The normalized spacial score (nSPS) is 22.5. The number of hydrogen-bond acceptors (Lipinski definition) is 2. The molecule has 0 bridgehead atoms. The van der Waals surface area contributed by atoms with Crippen LogP contribution in [0.4, 0.5) is 0 Å². The molecule has 0 saturated heterocycles. The third kappa shape index (κ3) is 2.95. The summed E-state index contributed by atoms with van der Waals surface area (Å²) in [6, 6.07) is 6.87. The smallest absolute Gasteiger partial charge is 0.251 e. The number of benzene rings is 1. The molecule has 2 rings (SSSR count). The number of rotatable bonds is 2. The second-order valence-electron chi connectivity index (χ2n) is 4.40. The van der Waals surface area contributed by atoms with Crippen LogP contribution in [0.3, 0.4) is 0 Å². The lowest BCUT2D eigenvalue weighted by atomic mass is 10.1. The Bertz CT molecular complexity index is 490. The molecule has 1 aromatic carbocycles. The molecular formula is C13H12Cl2N2O. The van der Waals surface area contributed by atoms with Gasteiger partial charge < -0.3 is 5.32 Å². The van der Waals surface area contributed by atoms with E-state index in [4.69, 9.17) is 28.5 Å². The lowest BCUT2D eigenvalue weighted by Crippen LogP contribution is -2.36. The van der Waals surface area contributed by atoms with E-state index in [1.165, 1.54) is 0 Å². The Labute approximate surface area is 116 Å². The molecule has 2 unspecified atom stereocenters. The van der Waals surface area contributed by atoms with Gasteiger partial charge in [-0.05, 0) is 37.5 Å². The van der Waals surface area contributed by atoms with Crippen molar-refractivity contribution in [1.82, 2.24) is 5.32 Å². The molecule has 1 aliphatic rings. The number of hydrogen-bond donors (Lipinski definition) is 1. The van der Waals surface area contributed by atoms with Gasteiger partial charge >= 0.3 is 0 Å². The summed E-state index contributed by atoms with van der Waals surface area (Å²) in [7, 11) is 0. The number of carbonyl (C=O) groups excluding carboxylic acids is 1. The highest BCUT2D eigenvalue weighted by Gasteiger charge is 2.28. The van der Waals surface area contributed by atoms with E-state index in [1.807, 2.05) is 0 Å². The van der Waals surface area contributed by atoms with Crippen molar-refractivity contribution >= 4 is 29.1 Å². The summed E-state index contributed by atoms with van der Waals surface area (Å²) in [6.45, 7) is 0. The first kappa shape index (κ1) is 13.2. The van der Waals surface area contributed by atoms with Gasteiger partial charge in [-0.15, -0.1) is 0 Å². The summed E-state index contributed by atoms with van der Waals surface area (Å²) < 4.78 is 0. The van der Waals surface area contributed by atoms with Crippen molar-refractivity contribution in [1.29, 1.82) is 5.26 Å². The van der Waals surface area contributed by atoms with Gasteiger partial charge in [-0.2, -0.15) is 5.26 Å². The zero-order valence-corrected chi connectivity index (χ0v) is 11.1. The number of halogens is 2. The maximum Gasteiger partial charge on any atom is 0.251 e. The van der Waals surface area contributed by atoms with E-state index in [9.17, 15) is 4.79 Å². The Morgan fingerprint density at radius 2 is 1.94 bits per heavy atom. The van der Waals surface area contributed by atoms with E-state index in [1.54, 1.807) is 18.2 Å². The molecule has 5 heteroatoms. The van der Waals surface area contributed by atoms with E-state index in [2.05, 4.69) is 11.4 Å². The maximum absolute atomic E-state index is 12.0. The van der Waals surface area contributed by atoms with Gasteiger partial charge in [0.2, 0.25) is 0 Å². The van der Waals surface area contributed by atoms with Gasteiger partial charge in [0, 0.05) is 21.7 Å². The first-order valence-electron chi connectivity index (χ1n) is 5.76. The Kier molecular flexibility index (Phi) is 4.11. The maximum atomic E-state index is 12.0. The zero-order chi connectivity index (χ0) is 13.1. The van der Waals surface area contributed by atoms with Crippen LogP contribution in [0.15, 0.2) is 18.2 Å². The largest absolute Gasteiger partial charge is 0.348 e. The van der Waals surface area contributed by atoms with Crippen molar-refractivity contribution in [3.8, 4) is 6.07 Å². The van der Waals surface area contributed by atoms with Gasteiger partial charge in [-0.3, -0.25) is 4.79 Å². The molecule has 1 saturated carbocycles. The highest BCUT2D eigenvalue weighted by Crippen LogP contribution is 2.25. The van der Waals surface area contributed by atoms with Crippen molar-refractivity contribution in [2.75, 3.05) is 0 Å². The van der Waals surface area contributed by atoms with Crippen molar-refractivity contribution in [3.63, 3.8) is 0 Å². The number of nitriles is 1. The average molecular weight is 283 g/mol. The summed E-state index contributed by atoms with van der Waals surface area (Å²) in [5, 5.41) is 12.7. The van der Waals surface area contributed by atoms with Crippen LogP contribution >= 0.6 is 23.2 Å². The minimum atomic E-state index is -0.230. The fourth-order valence-electron chi connectivity index (χ4n) is 2.22. The minimum Gasteiger partial charge on any atom is -0.348 e. The van der Waals surface area contributed by atoms with Crippen LogP contribution in [-0.2, 0) is 0 Å². The van der Waals surface area contributed by atoms with Crippen molar-refractivity contribution in [2.45, 2.75) is 25.3 Å². The summed E-state index contributed by atoms with van der Waals surface area (Å²) in [6.07, 6.45) is 2.66. The molecule has 1 amide bonds. The Hall–Kier alpha value is -1.24. The first-order chi connectivity index (χ1) is 8.60. The molecule has 0 radical (unpaired) electrons. The van der Waals surface area contributed by atoms with Gasteiger partial charge in [-0.25, -0.2) is 0 Å². The molecule has 1 fully saturated rings. The van der Waals surface area contributed by atoms with E-state index in [0.717, 1.165) is 19.3 Å². The Morgan fingerprint density at radius 1 is 1.28 bits per heavy atom. The van der Waals surface area contributed by atoms with Gasteiger partial charge in [0.1, 0.15) is 0 Å². The van der Waals surface area contributed by atoms with E-state index in [0.29, 0.717) is 15.6 Å². The van der Waals surface area contributed by atoms with Crippen LogP contribution in [0.5, 0.6) is 0 Å². The minimum absolute atomic E-state index is 0.0692. The number of carbonyl (C=O) groups is 1. The predicted molar refractivity (Wildman–Crippen MR) is 70.7 cm³/mol. The Morgan fingerprint density at radius 3 is 2.56 bits per heavy atom. The van der Waals surface area contributed by atoms with E-state index < -0.39 is 0 Å². The summed E-state index contributed by atoms with van der Waals surface area (Å²) in [5.41, 5.74) is 0.427. The molecule has 3 nitrogen and oxygen atoms in total. The summed E-state index contributed by atoms with van der Waals surface area (Å²) >= 11 is 11.7. The van der Waals surface area contributed by atoms with Gasteiger partial charge in [0.15, 0.2) is 0 Å². The number of nitrogens with zero attached hydrogens (tertiary/aromatic N) is 1. The Balaban J connectivity index is 2.10. The molecule has 0 spiro atoms.